The zero-order valence-electron chi connectivity index (χ0n) is 21.1. The highest BCUT2D eigenvalue weighted by molar-refractivity contribution is 5.94. The summed E-state index contributed by atoms with van der Waals surface area (Å²) in [5, 5.41) is 0. The summed E-state index contributed by atoms with van der Waals surface area (Å²) in [4.78, 5) is 25.0. The number of allylic oxidation sites excluding steroid dienone is 1. The number of hydrogen-bond donors (Lipinski definition) is 0. The van der Waals surface area contributed by atoms with Crippen molar-refractivity contribution in [2.75, 3.05) is 0 Å². The number of rotatable bonds is 8. The first-order valence-corrected chi connectivity index (χ1v) is 13.7. The number of fused-ring (bicyclic) bond motifs is 5. The largest absolute Gasteiger partial charge is 0.462 e. The molecule has 0 aromatic carbocycles. The highest BCUT2D eigenvalue weighted by Crippen LogP contribution is 2.66. The minimum atomic E-state index is -0.199. The van der Waals surface area contributed by atoms with Crippen molar-refractivity contribution >= 4 is 11.8 Å². The highest BCUT2D eigenvalue weighted by atomic mass is 16.5. The molecular formula is C29H46O3. The van der Waals surface area contributed by atoms with Crippen LogP contribution in [0.25, 0.3) is 0 Å². The van der Waals surface area contributed by atoms with Gasteiger partial charge in [-0.05, 0) is 79.6 Å². The number of ether oxygens (including phenoxy) is 1. The third-order valence-corrected chi connectivity index (χ3v) is 10.3. The maximum Gasteiger partial charge on any atom is 0.302 e. The SMILES string of the molecule is CCCCCCCC[C@H]1CC[C@H]2[C@@H]3C(=O)C=C4C[C@@H](OC(C)=O)CC[C@]4(C)[C@H]3CC[C@]12C. The van der Waals surface area contributed by atoms with Crippen LogP contribution in [-0.4, -0.2) is 17.9 Å². The van der Waals surface area contributed by atoms with Crippen LogP contribution in [0, 0.1) is 34.5 Å². The number of esters is 1. The fraction of sp³-hybridized carbons (Fsp3) is 0.862. The summed E-state index contributed by atoms with van der Waals surface area (Å²) in [6.45, 7) is 8.73. The minimum Gasteiger partial charge on any atom is -0.462 e. The van der Waals surface area contributed by atoms with Gasteiger partial charge in [-0.25, -0.2) is 0 Å². The van der Waals surface area contributed by atoms with Gasteiger partial charge in [0.2, 0.25) is 0 Å². The predicted molar refractivity (Wildman–Crippen MR) is 129 cm³/mol. The Bertz CT molecular complexity index is 739. The molecule has 4 aliphatic rings. The van der Waals surface area contributed by atoms with Gasteiger partial charge in [-0.3, -0.25) is 9.59 Å². The molecular weight excluding hydrogens is 396 g/mol. The van der Waals surface area contributed by atoms with E-state index in [9.17, 15) is 9.59 Å². The van der Waals surface area contributed by atoms with Gasteiger partial charge < -0.3 is 4.74 Å². The maximum atomic E-state index is 13.5. The van der Waals surface area contributed by atoms with E-state index in [1.54, 1.807) is 0 Å². The molecule has 32 heavy (non-hydrogen) atoms. The lowest BCUT2D eigenvalue weighted by Gasteiger charge is -2.57. The molecule has 0 bridgehead atoms. The maximum absolute atomic E-state index is 13.5. The summed E-state index contributed by atoms with van der Waals surface area (Å²) < 4.78 is 5.53. The first kappa shape index (κ1) is 24.0. The molecule has 3 fully saturated rings. The molecule has 0 saturated heterocycles. The fourth-order valence-corrected chi connectivity index (χ4v) is 8.46. The Morgan fingerprint density at radius 3 is 2.50 bits per heavy atom. The van der Waals surface area contributed by atoms with Crippen LogP contribution in [0.3, 0.4) is 0 Å². The van der Waals surface area contributed by atoms with E-state index in [2.05, 4.69) is 20.8 Å². The zero-order chi connectivity index (χ0) is 22.9. The second kappa shape index (κ2) is 9.63. The Hall–Kier alpha value is -1.12. The van der Waals surface area contributed by atoms with Crippen molar-refractivity contribution in [3.8, 4) is 0 Å². The Kier molecular flexibility index (Phi) is 7.23. The normalized spacial score (nSPS) is 40.8. The van der Waals surface area contributed by atoms with Gasteiger partial charge in [-0.2, -0.15) is 0 Å². The zero-order valence-corrected chi connectivity index (χ0v) is 21.1. The fourth-order valence-electron chi connectivity index (χ4n) is 8.46. The van der Waals surface area contributed by atoms with Crippen molar-refractivity contribution < 1.29 is 14.3 Å². The molecule has 0 unspecified atom stereocenters. The molecule has 0 amide bonds. The monoisotopic (exact) mass is 442 g/mol. The molecule has 4 aliphatic carbocycles. The van der Waals surface area contributed by atoms with E-state index < -0.39 is 0 Å². The molecule has 0 spiro atoms. The minimum absolute atomic E-state index is 0.0433. The van der Waals surface area contributed by atoms with E-state index in [4.69, 9.17) is 4.74 Å². The highest BCUT2D eigenvalue weighted by Gasteiger charge is 2.60. The topological polar surface area (TPSA) is 43.4 Å². The van der Waals surface area contributed by atoms with E-state index in [1.165, 1.54) is 83.1 Å². The van der Waals surface area contributed by atoms with Gasteiger partial charge in [-0.1, -0.05) is 64.9 Å². The number of carbonyl (C=O) groups excluding carboxylic acids is 2. The van der Waals surface area contributed by atoms with E-state index in [0.717, 1.165) is 25.2 Å². The third-order valence-electron chi connectivity index (χ3n) is 10.3. The number of ketones is 1. The Morgan fingerprint density at radius 2 is 1.75 bits per heavy atom. The molecule has 0 N–H and O–H groups in total. The van der Waals surface area contributed by atoms with Crippen LogP contribution < -0.4 is 0 Å². The second-order valence-corrected chi connectivity index (χ2v) is 12.1. The Morgan fingerprint density at radius 1 is 1.00 bits per heavy atom. The van der Waals surface area contributed by atoms with Gasteiger partial charge in [0, 0.05) is 19.3 Å². The van der Waals surface area contributed by atoms with Gasteiger partial charge >= 0.3 is 5.97 Å². The summed E-state index contributed by atoms with van der Waals surface area (Å²) in [7, 11) is 0. The van der Waals surface area contributed by atoms with Crippen LogP contribution in [-0.2, 0) is 14.3 Å². The summed E-state index contributed by atoms with van der Waals surface area (Å²) >= 11 is 0. The van der Waals surface area contributed by atoms with Gasteiger partial charge in [0.1, 0.15) is 6.10 Å². The third kappa shape index (κ3) is 4.34. The second-order valence-electron chi connectivity index (χ2n) is 12.1. The lowest BCUT2D eigenvalue weighted by atomic mass is 9.47. The standard InChI is InChI=1S/C29H46O3/c1-5-6-7-8-9-10-11-21-12-13-24-27-25(15-17-28(21,24)3)29(4)16-14-23(32-20(2)30)18-22(29)19-26(27)31/h19,21,23-25,27H,5-18H2,1-4H3/t21-,23-,24-,25-,27-,28+,29-/m0/s1. The average molecular weight is 443 g/mol. The van der Waals surface area contributed by atoms with E-state index in [-0.39, 0.29) is 23.4 Å². The first-order valence-electron chi connectivity index (χ1n) is 13.7. The van der Waals surface area contributed by atoms with Crippen molar-refractivity contribution in [1.29, 1.82) is 0 Å². The van der Waals surface area contributed by atoms with Crippen LogP contribution >= 0.6 is 0 Å². The molecule has 180 valence electrons. The molecule has 3 saturated carbocycles. The molecule has 0 heterocycles. The average Bonchev–Trinajstić information content (AvgIpc) is 3.07. The van der Waals surface area contributed by atoms with Gasteiger partial charge in [0.15, 0.2) is 5.78 Å². The van der Waals surface area contributed by atoms with Crippen molar-refractivity contribution in [2.45, 2.75) is 124 Å². The van der Waals surface area contributed by atoms with Crippen LogP contribution in [0.2, 0.25) is 0 Å². The van der Waals surface area contributed by atoms with E-state index in [1.807, 2.05) is 6.08 Å². The molecule has 3 nitrogen and oxygen atoms in total. The molecule has 0 radical (unpaired) electrons. The summed E-state index contributed by atoms with van der Waals surface area (Å²) in [5.74, 6) is 2.28. The van der Waals surface area contributed by atoms with Crippen molar-refractivity contribution in [2.24, 2.45) is 34.5 Å². The number of unbranched alkanes of at least 4 members (excludes halogenated alkanes) is 5. The lowest BCUT2D eigenvalue weighted by Crippen LogP contribution is -2.53. The summed E-state index contributed by atoms with van der Waals surface area (Å²) in [6, 6.07) is 0. The molecule has 7 atom stereocenters. The van der Waals surface area contributed by atoms with Crippen molar-refractivity contribution in [3.63, 3.8) is 0 Å². The molecule has 0 aromatic heterocycles. The van der Waals surface area contributed by atoms with Gasteiger partial charge in [0.05, 0.1) is 0 Å². The van der Waals surface area contributed by atoms with E-state index >= 15 is 0 Å². The summed E-state index contributed by atoms with van der Waals surface area (Å²) in [6.07, 6.45) is 19.4. The van der Waals surface area contributed by atoms with Crippen LogP contribution in [0.5, 0.6) is 0 Å². The van der Waals surface area contributed by atoms with Crippen LogP contribution in [0.4, 0.5) is 0 Å². The van der Waals surface area contributed by atoms with Crippen LogP contribution in [0.1, 0.15) is 118 Å². The first-order chi connectivity index (χ1) is 15.3. The summed E-state index contributed by atoms with van der Waals surface area (Å²) in [5.41, 5.74) is 1.75. The molecule has 3 heteroatoms. The quantitative estimate of drug-likeness (QED) is 0.290. The predicted octanol–water partition coefficient (Wildman–Crippen LogP) is 7.43. The molecule has 4 rings (SSSR count). The van der Waals surface area contributed by atoms with E-state index in [0.29, 0.717) is 23.0 Å². The number of hydrogen-bond acceptors (Lipinski definition) is 3. The number of carbonyl (C=O) groups is 2. The van der Waals surface area contributed by atoms with Crippen molar-refractivity contribution in [1.82, 2.24) is 0 Å². The Labute approximate surface area is 196 Å². The molecule has 0 aromatic rings. The lowest BCUT2D eigenvalue weighted by molar-refractivity contribution is -0.149. The smallest absolute Gasteiger partial charge is 0.302 e. The Balaban J connectivity index is 1.44. The van der Waals surface area contributed by atoms with Gasteiger partial charge in [0.25, 0.3) is 0 Å². The van der Waals surface area contributed by atoms with Gasteiger partial charge in [-0.15, -0.1) is 0 Å². The molecule has 0 aliphatic heterocycles. The van der Waals surface area contributed by atoms with Crippen LogP contribution in [0.15, 0.2) is 11.6 Å². The van der Waals surface area contributed by atoms with Crippen molar-refractivity contribution in [3.05, 3.63) is 11.6 Å².